The summed E-state index contributed by atoms with van der Waals surface area (Å²) in [5, 5.41) is 22.4. The van der Waals surface area contributed by atoms with Crippen LogP contribution in [-0.2, 0) is 9.68 Å². The lowest BCUT2D eigenvalue weighted by molar-refractivity contribution is -0.314. The van der Waals surface area contributed by atoms with E-state index in [-0.39, 0.29) is 22.2 Å². The molecule has 5 rings (SSSR count). The van der Waals surface area contributed by atoms with Crippen molar-refractivity contribution in [3.05, 3.63) is 0 Å². The van der Waals surface area contributed by atoms with E-state index in [2.05, 4.69) is 92.1 Å². The molecule has 0 aromatic carbocycles. The smallest absolute Gasteiger partial charge is 0.229 e. The second kappa shape index (κ2) is 25.2. The normalized spacial score (nSPS) is 22.8. The van der Waals surface area contributed by atoms with Crippen molar-refractivity contribution < 1.29 is 9.68 Å². The maximum absolute atomic E-state index is 6.76. The Labute approximate surface area is 379 Å². The number of nitrogens with two attached hydrogens (primary N) is 1. The highest BCUT2D eigenvalue weighted by atomic mass is 16.7. The van der Waals surface area contributed by atoms with Crippen LogP contribution >= 0.6 is 0 Å². The van der Waals surface area contributed by atoms with Crippen molar-refractivity contribution >= 4 is 17.8 Å². The van der Waals surface area contributed by atoms with Crippen molar-refractivity contribution in [1.82, 2.24) is 35.7 Å². The summed E-state index contributed by atoms with van der Waals surface area (Å²) in [6.45, 7) is 26.2. The lowest BCUT2D eigenvalue weighted by Gasteiger charge is -2.55. The summed E-state index contributed by atoms with van der Waals surface area (Å²) in [6, 6.07) is 0. The van der Waals surface area contributed by atoms with Crippen LogP contribution in [-0.4, -0.2) is 112 Å². The number of hydrogen-bond donors (Lipinski definition) is 6. The maximum atomic E-state index is 6.76. The minimum atomic E-state index is 0.0341. The number of anilines is 3. The van der Waals surface area contributed by atoms with Gasteiger partial charge in [0.2, 0.25) is 17.8 Å². The molecule has 0 bridgehead atoms. The minimum Gasteiger partial charge on any atom is -0.354 e. The summed E-state index contributed by atoms with van der Waals surface area (Å²) in [4.78, 5) is 28.0. The monoisotopic (exact) mass is 870 g/mol. The van der Waals surface area contributed by atoms with Crippen LogP contribution in [0.4, 0.5) is 17.8 Å². The fourth-order valence-electron chi connectivity index (χ4n) is 11.8. The zero-order valence-corrected chi connectivity index (χ0v) is 41.2. The molecule has 7 N–H and O–H groups in total. The van der Waals surface area contributed by atoms with Gasteiger partial charge in [0.1, 0.15) is 0 Å². The molecule has 358 valence electrons. The molecule has 0 unspecified atom stereocenters. The van der Waals surface area contributed by atoms with Gasteiger partial charge in [0.15, 0.2) is 0 Å². The molecule has 0 amide bonds. The van der Waals surface area contributed by atoms with Crippen LogP contribution in [0.2, 0.25) is 0 Å². The molecule has 3 heterocycles. The molecule has 4 aliphatic rings. The van der Waals surface area contributed by atoms with Crippen LogP contribution < -0.4 is 32.3 Å². The predicted molar refractivity (Wildman–Crippen MR) is 258 cm³/mol. The first-order valence-corrected chi connectivity index (χ1v) is 25.7. The lowest BCUT2D eigenvalue weighted by Crippen LogP contribution is -2.61. The molecule has 2 aliphatic carbocycles. The first-order chi connectivity index (χ1) is 29.7. The van der Waals surface area contributed by atoms with Crippen molar-refractivity contribution in [2.24, 2.45) is 17.6 Å². The minimum absolute atomic E-state index is 0.0341. The molecular formula is C49H95N11O2. The van der Waals surface area contributed by atoms with Crippen molar-refractivity contribution in [3.8, 4) is 0 Å². The highest BCUT2D eigenvalue weighted by Crippen LogP contribution is 2.46. The van der Waals surface area contributed by atoms with Crippen LogP contribution in [0.1, 0.15) is 197 Å². The SMILES string of the molecule is CC1(C)CC(CCCCNc2nc(NCCCCC3CC(C)(C)N(OC4CCCCC4)C(C)(C)C3)nc(NCCCNCCNCCCN)n2)CC(C)(C)N1OC1CCCCC1. The molecule has 62 heavy (non-hydrogen) atoms. The molecule has 0 radical (unpaired) electrons. The van der Waals surface area contributed by atoms with Gasteiger partial charge in [0.25, 0.3) is 0 Å². The van der Waals surface area contributed by atoms with Gasteiger partial charge >= 0.3 is 0 Å². The second-order valence-corrected chi connectivity index (χ2v) is 22.2. The van der Waals surface area contributed by atoms with E-state index in [0.29, 0.717) is 41.9 Å². The van der Waals surface area contributed by atoms with E-state index >= 15 is 0 Å². The highest BCUT2D eigenvalue weighted by molar-refractivity contribution is 5.42. The predicted octanol–water partition coefficient (Wildman–Crippen LogP) is 9.43. The van der Waals surface area contributed by atoms with E-state index in [1.807, 2.05) is 0 Å². The maximum Gasteiger partial charge on any atom is 0.229 e. The van der Waals surface area contributed by atoms with E-state index in [1.54, 1.807) is 0 Å². The third-order valence-electron chi connectivity index (χ3n) is 14.1. The Bertz CT molecular complexity index is 1270. The molecule has 2 saturated heterocycles. The summed E-state index contributed by atoms with van der Waals surface area (Å²) in [5.74, 6) is 3.32. The van der Waals surface area contributed by atoms with Gasteiger partial charge in [-0.05, 0) is 164 Å². The molecule has 13 heteroatoms. The highest BCUT2D eigenvalue weighted by Gasteiger charge is 2.48. The fraction of sp³-hybridized carbons (Fsp3) is 0.939. The number of nitrogens with one attached hydrogen (secondary N) is 5. The summed E-state index contributed by atoms with van der Waals surface area (Å²) in [6.07, 6.45) is 27.3. The van der Waals surface area contributed by atoms with E-state index < -0.39 is 0 Å². The Hall–Kier alpha value is -1.87. The van der Waals surface area contributed by atoms with Crippen LogP contribution in [0.5, 0.6) is 0 Å². The van der Waals surface area contributed by atoms with E-state index in [9.17, 15) is 0 Å². The third kappa shape index (κ3) is 16.8. The number of hydrogen-bond acceptors (Lipinski definition) is 13. The number of aromatic nitrogens is 3. The molecule has 1 aromatic rings. The first kappa shape index (κ1) is 51.1. The molecule has 4 fully saturated rings. The quantitative estimate of drug-likeness (QED) is 0.0467. The average Bonchev–Trinajstić information content (AvgIpc) is 3.21. The zero-order valence-electron chi connectivity index (χ0n) is 41.2. The standard InChI is InChI=1S/C49H95N11O2/c1-46(2)35-39(36-47(3,4)59(46)61-41-23-11-9-12-24-41)21-15-17-30-53-43-56-44(58-45(57-43)55-32-20-29-52-34-33-51-28-19-27-50)54-31-18-16-22-40-37-48(5,6)60(49(7,8)38-40)62-42-25-13-10-14-26-42/h39-42,51-52H,9-38,50H2,1-8H3,(H3,53,54,55,56,57,58). The number of nitrogens with zero attached hydrogens (tertiary/aromatic N) is 5. The van der Waals surface area contributed by atoms with Crippen molar-refractivity contribution in [1.29, 1.82) is 0 Å². The largest absolute Gasteiger partial charge is 0.354 e. The van der Waals surface area contributed by atoms with Crippen molar-refractivity contribution in [3.63, 3.8) is 0 Å². The number of rotatable bonds is 27. The molecule has 2 saturated carbocycles. The Balaban J connectivity index is 1.06. The van der Waals surface area contributed by atoms with Crippen LogP contribution in [0.15, 0.2) is 0 Å². The first-order valence-electron chi connectivity index (χ1n) is 25.7. The molecule has 0 atom stereocenters. The van der Waals surface area contributed by atoms with Gasteiger partial charge < -0.3 is 32.3 Å². The molecule has 2 aliphatic heterocycles. The average molecular weight is 870 g/mol. The van der Waals surface area contributed by atoms with Gasteiger partial charge in [0.05, 0.1) is 12.2 Å². The lowest BCUT2D eigenvalue weighted by atomic mass is 9.73. The van der Waals surface area contributed by atoms with Crippen LogP contribution in [0.3, 0.4) is 0 Å². The number of piperidine rings is 2. The number of hydroxylamine groups is 4. The molecule has 13 nitrogen and oxygen atoms in total. The third-order valence-corrected chi connectivity index (χ3v) is 14.1. The van der Waals surface area contributed by atoms with Gasteiger partial charge in [0, 0.05) is 54.9 Å². The van der Waals surface area contributed by atoms with Crippen LogP contribution in [0.25, 0.3) is 0 Å². The fourth-order valence-corrected chi connectivity index (χ4v) is 11.8. The zero-order chi connectivity index (χ0) is 44.5. The summed E-state index contributed by atoms with van der Waals surface area (Å²) in [5.41, 5.74) is 5.74. The van der Waals surface area contributed by atoms with Crippen molar-refractivity contribution in [2.75, 3.05) is 68.3 Å². The summed E-state index contributed by atoms with van der Waals surface area (Å²) in [7, 11) is 0. The molecular weight excluding hydrogens is 775 g/mol. The van der Waals surface area contributed by atoms with E-state index in [0.717, 1.165) is 78.0 Å². The van der Waals surface area contributed by atoms with Gasteiger partial charge in [-0.15, -0.1) is 0 Å². The van der Waals surface area contributed by atoms with E-state index in [4.69, 9.17) is 30.4 Å². The van der Waals surface area contributed by atoms with E-state index in [1.165, 1.54) is 116 Å². The molecule has 0 spiro atoms. The van der Waals surface area contributed by atoms with Gasteiger partial charge in [-0.2, -0.15) is 25.1 Å². The van der Waals surface area contributed by atoms with Gasteiger partial charge in [-0.3, -0.25) is 9.68 Å². The summed E-state index contributed by atoms with van der Waals surface area (Å²) >= 11 is 0. The summed E-state index contributed by atoms with van der Waals surface area (Å²) < 4.78 is 0. The Kier molecular flexibility index (Phi) is 20.7. The Morgan fingerprint density at radius 2 is 0.823 bits per heavy atom. The van der Waals surface area contributed by atoms with Crippen LogP contribution in [0, 0.1) is 11.8 Å². The number of unbranched alkanes of at least 4 members (excludes halogenated alkanes) is 2. The topological polar surface area (TPSA) is 150 Å². The molecule has 1 aromatic heterocycles. The van der Waals surface area contributed by atoms with Gasteiger partial charge in [-0.1, -0.05) is 64.2 Å². The Morgan fingerprint density at radius 1 is 0.468 bits per heavy atom. The van der Waals surface area contributed by atoms with Gasteiger partial charge in [-0.25, -0.2) is 0 Å². The Morgan fingerprint density at radius 3 is 1.19 bits per heavy atom. The van der Waals surface area contributed by atoms with Crippen molar-refractivity contribution in [2.45, 2.75) is 231 Å². The second-order valence-electron chi connectivity index (χ2n) is 22.2.